The third kappa shape index (κ3) is 4.54. The molecule has 2 aliphatic carbocycles. The summed E-state index contributed by atoms with van der Waals surface area (Å²) >= 11 is 0. The van der Waals surface area contributed by atoms with E-state index in [1.807, 2.05) is 6.07 Å². The number of carbonyl (C=O) groups is 3. The first-order chi connectivity index (χ1) is 15.2. The van der Waals surface area contributed by atoms with E-state index in [0.717, 1.165) is 31.4 Å². The number of benzene rings is 2. The van der Waals surface area contributed by atoms with Gasteiger partial charge >= 0.3 is 12.1 Å². The smallest absolute Gasteiger partial charge is 0.416 e. The normalized spacial score (nSPS) is 24.2. The summed E-state index contributed by atoms with van der Waals surface area (Å²) in [4.78, 5) is 38.0. The lowest BCUT2D eigenvalue weighted by atomic mass is 9.75. The van der Waals surface area contributed by atoms with Gasteiger partial charge in [0, 0.05) is 17.2 Å². The van der Waals surface area contributed by atoms with Crippen molar-refractivity contribution in [2.75, 3.05) is 11.9 Å². The van der Waals surface area contributed by atoms with Gasteiger partial charge in [-0.2, -0.15) is 13.2 Å². The van der Waals surface area contributed by atoms with E-state index >= 15 is 0 Å². The Morgan fingerprint density at radius 3 is 2.31 bits per heavy atom. The number of esters is 1. The van der Waals surface area contributed by atoms with Gasteiger partial charge in [0.05, 0.1) is 11.5 Å². The second-order valence-electron chi connectivity index (χ2n) is 8.35. The van der Waals surface area contributed by atoms with Crippen LogP contribution in [0.2, 0.25) is 0 Å². The number of hydrogen-bond acceptors (Lipinski definition) is 4. The molecule has 4 atom stereocenters. The fourth-order valence-electron chi connectivity index (χ4n) is 5.01. The second kappa shape index (κ2) is 8.76. The Morgan fingerprint density at radius 2 is 1.62 bits per heavy atom. The van der Waals surface area contributed by atoms with E-state index in [1.165, 1.54) is 12.1 Å². The van der Waals surface area contributed by atoms with E-state index in [9.17, 15) is 27.6 Å². The Labute approximate surface area is 183 Å². The molecule has 0 radical (unpaired) electrons. The molecule has 4 rings (SSSR count). The van der Waals surface area contributed by atoms with Crippen LogP contribution >= 0.6 is 0 Å². The number of ketones is 1. The quantitative estimate of drug-likeness (QED) is 0.515. The lowest BCUT2D eigenvalue weighted by Crippen LogP contribution is -2.37. The van der Waals surface area contributed by atoms with Gasteiger partial charge in [-0.3, -0.25) is 14.4 Å². The fourth-order valence-corrected chi connectivity index (χ4v) is 5.01. The monoisotopic (exact) mass is 445 g/mol. The largest absolute Gasteiger partial charge is 0.455 e. The third-order valence-corrected chi connectivity index (χ3v) is 6.37. The van der Waals surface area contributed by atoms with Crippen LogP contribution in [0.5, 0.6) is 0 Å². The van der Waals surface area contributed by atoms with Crippen molar-refractivity contribution >= 4 is 23.3 Å². The Morgan fingerprint density at radius 1 is 0.938 bits per heavy atom. The molecule has 8 heteroatoms. The molecule has 0 spiro atoms. The van der Waals surface area contributed by atoms with Crippen molar-refractivity contribution in [3.63, 3.8) is 0 Å². The van der Waals surface area contributed by atoms with Gasteiger partial charge in [-0.25, -0.2) is 0 Å². The Bertz CT molecular complexity index is 1020. The minimum atomic E-state index is -4.53. The molecule has 0 aliphatic heterocycles. The minimum absolute atomic E-state index is 0.0386. The van der Waals surface area contributed by atoms with Gasteiger partial charge in [0.1, 0.15) is 0 Å². The number of alkyl halides is 3. The van der Waals surface area contributed by atoms with Crippen molar-refractivity contribution in [2.45, 2.75) is 25.4 Å². The number of rotatable bonds is 6. The summed E-state index contributed by atoms with van der Waals surface area (Å²) in [5, 5.41) is 2.31. The zero-order valence-corrected chi connectivity index (χ0v) is 17.1. The predicted molar refractivity (Wildman–Crippen MR) is 110 cm³/mol. The SMILES string of the molecule is O=C(COC(=O)[C@H]1[C@H]2CC[C@@H](C2)[C@@H]1C(=O)c1ccccc1)Nc1cccc(C(F)(F)F)c1. The van der Waals surface area contributed by atoms with E-state index in [1.54, 1.807) is 24.3 Å². The van der Waals surface area contributed by atoms with Crippen LogP contribution < -0.4 is 5.32 Å². The van der Waals surface area contributed by atoms with Crippen molar-refractivity contribution < 1.29 is 32.3 Å². The maximum absolute atomic E-state index is 13.1. The summed E-state index contributed by atoms with van der Waals surface area (Å²) in [6.45, 7) is -0.630. The average Bonchev–Trinajstić information content (AvgIpc) is 3.39. The number of hydrogen-bond donors (Lipinski definition) is 1. The van der Waals surface area contributed by atoms with Crippen molar-refractivity contribution in [2.24, 2.45) is 23.7 Å². The molecule has 0 saturated heterocycles. The maximum atomic E-state index is 13.1. The molecule has 0 aromatic heterocycles. The Kier molecular flexibility index (Phi) is 6.04. The highest BCUT2D eigenvalue weighted by atomic mass is 19.4. The van der Waals surface area contributed by atoms with Crippen molar-refractivity contribution in [1.29, 1.82) is 0 Å². The van der Waals surface area contributed by atoms with Crippen LogP contribution in [0.25, 0.3) is 0 Å². The second-order valence-corrected chi connectivity index (χ2v) is 8.35. The van der Waals surface area contributed by atoms with E-state index in [4.69, 9.17) is 4.74 Å². The number of carbonyl (C=O) groups excluding carboxylic acids is 3. The summed E-state index contributed by atoms with van der Waals surface area (Å²) in [5.41, 5.74) is -0.389. The van der Waals surface area contributed by atoms with Crippen LogP contribution in [0.4, 0.5) is 18.9 Å². The number of halogens is 3. The van der Waals surface area contributed by atoms with Crippen molar-refractivity contribution in [1.82, 2.24) is 0 Å². The van der Waals surface area contributed by atoms with Gasteiger partial charge in [0.2, 0.25) is 0 Å². The van der Waals surface area contributed by atoms with Gasteiger partial charge < -0.3 is 10.1 Å². The van der Waals surface area contributed by atoms with E-state index in [-0.39, 0.29) is 23.3 Å². The lowest BCUT2D eigenvalue weighted by Gasteiger charge is -2.28. The highest BCUT2D eigenvalue weighted by Crippen LogP contribution is 2.53. The molecular weight excluding hydrogens is 423 g/mol. The van der Waals surface area contributed by atoms with Gasteiger partial charge in [0.15, 0.2) is 12.4 Å². The van der Waals surface area contributed by atoms with E-state index < -0.39 is 42.1 Å². The number of amides is 1. The van der Waals surface area contributed by atoms with Crippen molar-refractivity contribution in [3.8, 4) is 0 Å². The summed E-state index contributed by atoms with van der Waals surface area (Å²) in [6, 6.07) is 13.0. The number of anilines is 1. The standard InChI is InChI=1S/C24H22F3NO4/c25-24(26,27)17-7-4-8-18(12-17)28-19(29)13-32-23(31)21-16-10-9-15(11-16)20(21)22(30)14-5-2-1-3-6-14/h1-8,12,15-16,20-21H,9-11,13H2,(H,28,29)/t15-,16-,20-,21-/m0/s1. The van der Waals surface area contributed by atoms with Crippen LogP contribution in [0.3, 0.4) is 0 Å². The minimum Gasteiger partial charge on any atom is -0.455 e. The van der Waals surface area contributed by atoms with Crippen LogP contribution in [0, 0.1) is 23.7 Å². The van der Waals surface area contributed by atoms with Crippen LogP contribution in [0.1, 0.15) is 35.2 Å². The van der Waals surface area contributed by atoms with Gasteiger partial charge in [-0.15, -0.1) is 0 Å². The molecule has 1 N–H and O–H groups in total. The van der Waals surface area contributed by atoms with Crippen LogP contribution in [-0.2, 0) is 20.5 Å². The average molecular weight is 445 g/mol. The number of fused-ring (bicyclic) bond motifs is 2. The van der Waals surface area contributed by atoms with Gasteiger partial charge in [-0.1, -0.05) is 36.4 Å². The number of Topliss-reactive ketones (excluding diaryl/α,β-unsaturated/α-hetero) is 1. The highest BCUT2D eigenvalue weighted by Gasteiger charge is 2.54. The number of nitrogens with one attached hydrogen (secondary N) is 1. The summed E-state index contributed by atoms with van der Waals surface area (Å²) < 4.78 is 43.7. The molecule has 2 fully saturated rings. The van der Waals surface area contributed by atoms with Crippen LogP contribution in [0.15, 0.2) is 54.6 Å². The van der Waals surface area contributed by atoms with Gasteiger partial charge in [-0.05, 0) is 49.3 Å². The first-order valence-corrected chi connectivity index (χ1v) is 10.5. The molecule has 2 aromatic carbocycles. The Hall–Kier alpha value is -3.16. The fraction of sp³-hybridized carbons (Fsp3) is 0.375. The zero-order valence-electron chi connectivity index (χ0n) is 17.1. The molecule has 2 aromatic rings. The molecule has 2 bridgehead atoms. The number of ether oxygens (including phenoxy) is 1. The first kappa shape index (κ1) is 22.0. The van der Waals surface area contributed by atoms with Gasteiger partial charge in [0.25, 0.3) is 5.91 Å². The molecule has 2 aliphatic rings. The molecule has 0 heterocycles. The molecule has 1 amide bonds. The Balaban J connectivity index is 1.39. The molecule has 32 heavy (non-hydrogen) atoms. The highest BCUT2D eigenvalue weighted by molar-refractivity contribution is 6.01. The van der Waals surface area contributed by atoms with Crippen LogP contribution in [-0.4, -0.2) is 24.3 Å². The molecular formula is C24H22F3NO4. The van der Waals surface area contributed by atoms with E-state index in [0.29, 0.717) is 5.56 Å². The summed E-state index contributed by atoms with van der Waals surface area (Å²) in [7, 11) is 0. The third-order valence-electron chi connectivity index (χ3n) is 6.37. The van der Waals surface area contributed by atoms with Crippen molar-refractivity contribution in [3.05, 3.63) is 65.7 Å². The molecule has 2 saturated carbocycles. The summed E-state index contributed by atoms with van der Waals surface area (Å²) in [5.74, 6) is -2.37. The molecule has 5 nitrogen and oxygen atoms in total. The maximum Gasteiger partial charge on any atom is 0.416 e. The lowest BCUT2D eigenvalue weighted by molar-refractivity contribution is -0.154. The first-order valence-electron chi connectivity index (χ1n) is 10.5. The zero-order chi connectivity index (χ0) is 22.9. The topological polar surface area (TPSA) is 72.5 Å². The molecule has 0 unspecified atom stereocenters. The predicted octanol–water partition coefficient (Wildman–Crippen LogP) is 4.73. The summed E-state index contributed by atoms with van der Waals surface area (Å²) in [6.07, 6.45) is -2.04. The molecule has 168 valence electrons. The van der Waals surface area contributed by atoms with E-state index in [2.05, 4.69) is 5.32 Å².